The van der Waals surface area contributed by atoms with Gasteiger partial charge in [-0.2, -0.15) is 5.10 Å². The molecule has 2 N–H and O–H groups in total. The number of carbonyl (C=O) groups excluding carboxylic acids is 2. The fraction of sp³-hybridized carbons (Fsp3) is 0.303. The van der Waals surface area contributed by atoms with Crippen LogP contribution in [0.4, 0.5) is 5.69 Å². The Morgan fingerprint density at radius 3 is 2.49 bits per heavy atom. The first-order chi connectivity index (χ1) is 22.0. The number of pyridine rings is 2. The molecule has 2 aliphatic heterocycles. The Hall–Kier alpha value is -5.23. The Balaban J connectivity index is 0.900. The smallest absolute Gasteiger partial charge is 0.253 e. The van der Waals surface area contributed by atoms with Gasteiger partial charge in [-0.05, 0) is 61.9 Å². The van der Waals surface area contributed by atoms with Crippen LogP contribution in [-0.2, 0) is 4.79 Å². The van der Waals surface area contributed by atoms with Crippen LogP contribution in [0, 0.1) is 6.92 Å². The van der Waals surface area contributed by atoms with Crippen LogP contribution in [0.15, 0.2) is 73.3 Å². The predicted molar refractivity (Wildman–Crippen MR) is 170 cm³/mol. The minimum absolute atomic E-state index is 0.0335. The van der Waals surface area contributed by atoms with Gasteiger partial charge < -0.3 is 15.1 Å². The summed E-state index contributed by atoms with van der Waals surface area (Å²) in [4.78, 5) is 50.0. The van der Waals surface area contributed by atoms with Crippen molar-refractivity contribution in [3.8, 4) is 22.6 Å². The van der Waals surface area contributed by atoms with Gasteiger partial charge in [-0.3, -0.25) is 24.6 Å². The highest BCUT2D eigenvalue weighted by Crippen LogP contribution is 2.26. The minimum Gasteiger partial charge on any atom is -0.368 e. The van der Waals surface area contributed by atoms with Crippen LogP contribution in [0.2, 0.25) is 0 Å². The number of aromatic amines is 1. The Morgan fingerprint density at radius 1 is 0.911 bits per heavy atom. The van der Waals surface area contributed by atoms with E-state index in [1.54, 1.807) is 24.8 Å². The van der Waals surface area contributed by atoms with Gasteiger partial charge in [0.05, 0.1) is 12.1 Å². The minimum atomic E-state index is -0.180. The first-order valence-corrected chi connectivity index (χ1v) is 15.2. The Morgan fingerprint density at radius 2 is 1.71 bits per heavy atom. The van der Waals surface area contributed by atoms with Crippen molar-refractivity contribution in [3.63, 3.8) is 0 Å². The number of aryl methyl sites for hydroxylation is 1. The molecule has 4 aromatic heterocycles. The molecule has 0 unspecified atom stereocenters. The van der Waals surface area contributed by atoms with E-state index in [1.165, 1.54) is 0 Å². The number of aromatic nitrogens is 6. The predicted octanol–water partition coefficient (Wildman–Crippen LogP) is 2.94. The highest BCUT2D eigenvalue weighted by Gasteiger charge is 2.29. The van der Waals surface area contributed by atoms with Crippen LogP contribution >= 0.6 is 0 Å². The van der Waals surface area contributed by atoms with E-state index in [0.717, 1.165) is 59.6 Å². The second kappa shape index (κ2) is 12.4. The zero-order chi connectivity index (χ0) is 30.8. The average Bonchev–Trinajstić information content (AvgIpc) is 3.71. The van der Waals surface area contributed by atoms with Crippen molar-refractivity contribution < 1.29 is 9.59 Å². The quantitative estimate of drug-likeness (QED) is 0.288. The summed E-state index contributed by atoms with van der Waals surface area (Å²) in [7, 11) is 0. The number of hydrogen-bond acceptors (Lipinski definition) is 9. The summed E-state index contributed by atoms with van der Waals surface area (Å²) in [5.74, 6) is 0.661. The van der Waals surface area contributed by atoms with Gasteiger partial charge in [-0.15, -0.1) is 0 Å². The molecular weight excluding hydrogens is 568 g/mol. The lowest BCUT2D eigenvalue weighted by atomic mass is 10.1. The Labute approximate surface area is 260 Å². The summed E-state index contributed by atoms with van der Waals surface area (Å²) >= 11 is 0. The largest absolute Gasteiger partial charge is 0.368 e. The fourth-order valence-corrected chi connectivity index (χ4v) is 6.08. The van der Waals surface area contributed by atoms with E-state index >= 15 is 0 Å². The van der Waals surface area contributed by atoms with E-state index in [9.17, 15) is 9.59 Å². The third-order valence-corrected chi connectivity index (χ3v) is 8.50. The van der Waals surface area contributed by atoms with Crippen LogP contribution in [0.5, 0.6) is 0 Å². The molecule has 0 bridgehead atoms. The highest BCUT2D eigenvalue weighted by atomic mass is 16.2. The Bertz CT molecular complexity index is 1820. The molecule has 6 heterocycles. The van der Waals surface area contributed by atoms with Crippen LogP contribution in [0.1, 0.15) is 22.5 Å². The van der Waals surface area contributed by atoms with Gasteiger partial charge in [0.1, 0.15) is 5.69 Å². The van der Waals surface area contributed by atoms with Crippen LogP contribution in [-0.4, -0.2) is 104 Å². The maximum Gasteiger partial charge on any atom is 0.253 e. The number of rotatable bonds is 7. The summed E-state index contributed by atoms with van der Waals surface area (Å²) in [5.41, 5.74) is 5.75. The molecule has 0 aliphatic carbocycles. The van der Waals surface area contributed by atoms with Crippen molar-refractivity contribution in [2.45, 2.75) is 19.4 Å². The van der Waals surface area contributed by atoms with Crippen LogP contribution < -0.4 is 10.2 Å². The number of piperazine rings is 1. The number of hydrogen-bond donors (Lipinski definition) is 2. The van der Waals surface area contributed by atoms with Crippen molar-refractivity contribution in [2.24, 2.45) is 0 Å². The molecule has 228 valence electrons. The number of nitrogens with one attached hydrogen (secondary N) is 2. The van der Waals surface area contributed by atoms with Crippen molar-refractivity contribution in [3.05, 3.63) is 84.6 Å². The molecule has 7 rings (SSSR count). The normalized spacial score (nSPS) is 17.1. The number of fused-ring (bicyclic) bond motifs is 1. The van der Waals surface area contributed by atoms with Gasteiger partial charge in [0, 0.05) is 98.0 Å². The topological polar surface area (TPSA) is 136 Å². The summed E-state index contributed by atoms with van der Waals surface area (Å²) in [6, 6.07) is 15.7. The zero-order valence-electron chi connectivity index (χ0n) is 25.1. The second-order valence-electron chi connectivity index (χ2n) is 11.6. The van der Waals surface area contributed by atoms with Crippen molar-refractivity contribution in [2.75, 3.05) is 50.7 Å². The summed E-state index contributed by atoms with van der Waals surface area (Å²) < 4.78 is 0. The van der Waals surface area contributed by atoms with E-state index in [1.807, 2.05) is 48.2 Å². The molecule has 0 spiro atoms. The summed E-state index contributed by atoms with van der Waals surface area (Å²) in [5, 5.41) is 11.3. The van der Waals surface area contributed by atoms with Gasteiger partial charge in [-0.25, -0.2) is 15.0 Å². The van der Waals surface area contributed by atoms with E-state index in [0.29, 0.717) is 43.2 Å². The number of benzene rings is 1. The average molecular weight is 603 g/mol. The molecule has 1 aromatic carbocycles. The van der Waals surface area contributed by atoms with Gasteiger partial charge in [0.2, 0.25) is 5.91 Å². The molecule has 0 saturated carbocycles. The van der Waals surface area contributed by atoms with E-state index in [4.69, 9.17) is 0 Å². The standard InChI is InChI=1S/C33H34N10O2/c1-22-17-24(7-11-34-22)30-28-18-25(19-37-32(28)40-39-30)33(45)38-26-8-12-41(20-26)21-29(44)43-15-13-42(14-16-43)27-5-3-23(4-6-27)31-35-9-2-10-36-31/h2-7,9-11,17-19,26H,8,12-16,20-21H2,1H3,(H,38,45)(H,37,39,40)/t26-/m0/s1. The molecule has 2 fully saturated rings. The number of H-pyrrole nitrogens is 1. The van der Waals surface area contributed by atoms with E-state index < -0.39 is 0 Å². The lowest BCUT2D eigenvalue weighted by molar-refractivity contribution is -0.132. The molecule has 1 atom stereocenters. The maximum atomic E-state index is 13.2. The monoisotopic (exact) mass is 602 g/mol. The van der Waals surface area contributed by atoms with Gasteiger partial charge in [0.15, 0.2) is 11.5 Å². The number of likely N-dealkylation sites (tertiary alicyclic amines) is 1. The highest BCUT2D eigenvalue weighted by molar-refractivity contribution is 6.00. The molecule has 2 aliphatic rings. The zero-order valence-corrected chi connectivity index (χ0v) is 25.1. The van der Waals surface area contributed by atoms with Crippen molar-refractivity contribution in [1.82, 2.24) is 45.2 Å². The van der Waals surface area contributed by atoms with E-state index in [-0.39, 0.29) is 17.9 Å². The van der Waals surface area contributed by atoms with Crippen LogP contribution in [0.25, 0.3) is 33.7 Å². The van der Waals surface area contributed by atoms with Crippen molar-refractivity contribution in [1.29, 1.82) is 0 Å². The molecule has 0 radical (unpaired) electrons. The SMILES string of the molecule is Cc1cc(-c2n[nH]c3ncc(C(=O)N[C@H]4CCN(CC(=O)N5CCN(c6ccc(-c7ncccn7)cc6)CC5)C4)cc23)ccn1. The third kappa shape index (κ3) is 6.22. The number of amides is 2. The van der Waals surface area contributed by atoms with Gasteiger partial charge in [0.25, 0.3) is 5.91 Å². The molecule has 12 nitrogen and oxygen atoms in total. The Kier molecular flexibility index (Phi) is 7.87. The fourth-order valence-electron chi connectivity index (χ4n) is 6.08. The lowest BCUT2D eigenvalue weighted by Crippen LogP contribution is -2.51. The summed E-state index contributed by atoms with van der Waals surface area (Å²) in [6.07, 6.45) is 7.59. The molecule has 45 heavy (non-hydrogen) atoms. The second-order valence-corrected chi connectivity index (χ2v) is 11.6. The first kappa shape index (κ1) is 28.5. The van der Waals surface area contributed by atoms with E-state index in [2.05, 4.69) is 57.4 Å². The van der Waals surface area contributed by atoms with Gasteiger partial charge in [-0.1, -0.05) is 0 Å². The number of carbonyl (C=O) groups is 2. The molecular formula is C33H34N10O2. The lowest BCUT2D eigenvalue weighted by Gasteiger charge is -2.36. The van der Waals surface area contributed by atoms with Crippen LogP contribution in [0.3, 0.4) is 0 Å². The summed E-state index contributed by atoms with van der Waals surface area (Å²) in [6.45, 7) is 6.61. The molecule has 2 amide bonds. The molecule has 2 saturated heterocycles. The first-order valence-electron chi connectivity index (χ1n) is 15.2. The number of nitrogens with zero attached hydrogens (tertiary/aromatic N) is 8. The van der Waals surface area contributed by atoms with Crippen molar-refractivity contribution >= 4 is 28.5 Å². The molecule has 12 heteroatoms. The number of anilines is 1. The maximum absolute atomic E-state index is 13.2. The van der Waals surface area contributed by atoms with Gasteiger partial charge >= 0.3 is 0 Å². The molecule has 5 aromatic rings. The third-order valence-electron chi connectivity index (χ3n) is 8.50.